The van der Waals surface area contributed by atoms with Crippen LogP contribution >= 0.6 is 0 Å². The Morgan fingerprint density at radius 2 is 0.710 bits per heavy atom. The van der Waals surface area contributed by atoms with Gasteiger partial charge in [-0.3, -0.25) is 0 Å². The number of furan rings is 1. The molecule has 0 bridgehead atoms. The summed E-state index contributed by atoms with van der Waals surface area (Å²) >= 11 is 0. The van der Waals surface area contributed by atoms with E-state index in [1.54, 1.807) is 0 Å². The van der Waals surface area contributed by atoms with Crippen LogP contribution < -0.4 is 52.4 Å². The quantitative estimate of drug-likeness (QED) is 0.148. The van der Waals surface area contributed by atoms with Crippen molar-refractivity contribution in [2.24, 2.45) is 0 Å². The van der Waals surface area contributed by atoms with Crippen LogP contribution in [0.25, 0.3) is 71.7 Å². The van der Waals surface area contributed by atoms with Gasteiger partial charge in [0.1, 0.15) is 5.58 Å². The molecule has 16 aromatic rings. The van der Waals surface area contributed by atoms with E-state index < -0.39 is 0 Å². The second kappa shape index (κ2) is 21.8. The highest BCUT2D eigenvalue weighted by molar-refractivity contribution is 7.03. The Morgan fingerprint density at radius 1 is 0.280 bits per heavy atom. The fraction of sp³-hybridized carbons (Fsp3) is 0.0870. The summed E-state index contributed by atoms with van der Waals surface area (Å²) in [6.07, 6.45) is 0. The zero-order valence-corrected chi connectivity index (χ0v) is 56.7. The third-order valence-electron chi connectivity index (χ3n) is 21.8. The fourth-order valence-electron chi connectivity index (χ4n) is 17.2. The Morgan fingerprint density at radius 3 is 1.28 bits per heavy atom. The van der Waals surface area contributed by atoms with Crippen LogP contribution in [0, 0.1) is 0 Å². The number of aromatic nitrogens is 1. The molecule has 6 nitrogen and oxygen atoms in total. The topological polar surface area (TPSA) is 31.0 Å². The van der Waals surface area contributed by atoms with Gasteiger partial charge in [0.25, 0.3) is 13.4 Å². The van der Waals surface area contributed by atoms with Gasteiger partial charge >= 0.3 is 0 Å². The van der Waals surface area contributed by atoms with E-state index in [9.17, 15) is 0 Å². The minimum Gasteiger partial charge on any atom is -0.454 e. The van der Waals surface area contributed by atoms with Gasteiger partial charge in [-0.25, -0.2) is 0 Å². The molecule has 0 radical (unpaired) electrons. The summed E-state index contributed by atoms with van der Waals surface area (Å²) in [7, 11) is 0. The van der Waals surface area contributed by atoms with Gasteiger partial charge < -0.3 is 28.6 Å². The van der Waals surface area contributed by atoms with Gasteiger partial charge in [0.05, 0.1) is 22.4 Å². The van der Waals surface area contributed by atoms with Crippen molar-refractivity contribution in [3.8, 4) is 27.9 Å². The van der Waals surface area contributed by atoms with Crippen LogP contribution in [0.3, 0.4) is 0 Å². The van der Waals surface area contributed by atoms with Crippen LogP contribution in [0.15, 0.2) is 314 Å². The highest BCUT2D eigenvalue weighted by Gasteiger charge is 2.50. The van der Waals surface area contributed by atoms with E-state index in [4.69, 9.17) is 4.42 Å². The number of fused-ring (bicyclic) bond motifs is 14. The van der Waals surface area contributed by atoms with E-state index in [1.807, 2.05) is 0 Å². The number of hydrogen-bond acceptors (Lipinski definition) is 5. The van der Waals surface area contributed by atoms with Gasteiger partial charge in [-0.15, -0.1) is 0 Å². The first-order chi connectivity index (χ1) is 48.9. The summed E-state index contributed by atoms with van der Waals surface area (Å²) in [6.45, 7) is 13.8. The number of anilines is 12. The second-order valence-electron chi connectivity index (χ2n) is 29.6. The number of rotatable bonds is 7. The monoisotopic (exact) mass is 1280 g/mol. The van der Waals surface area contributed by atoms with E-state index in [1.165, 1.54) is 71.4 Å². The number of nitrogens with zero attached hydrogens (tertiary/aromatic N) is 5. The molecule has 0 N–H and O–H groups in total. The van der Waals surface area contributed by atoms with Crippen molar-refractivity contribution in [3.05, 3.63) is 321 Å². The van der Waals surface area contributed by atoms with Crippen molar-refractivity contribution in [1.29, 1.82) is 0 Å². The summed E-state index contributed by atoms with van der Waals surface area (Å²) in [5.74, 6) is 0. The normalized spacial score (nSPS) is 13.6. The highest BCUT2D eigenvalue weighted by atomic mass is 16.3. The Labute approximate surface area is 584 Å². The summed E-state index contributed by atoms with van der Waals surface area (Å²) in [5.41, 5.74) is 32.8. The fourth-order valence-corrected chi connectivity index (χ4v) is 17.2. The van der Waals surface area contributed by atoms with Crippen molar-refractivity contribution in [3.63, 3.8) is 0 Å². The van der Waals surface area contributed by atoms with Crippen LogP contribution in [0.5, 0.6) is 0 Å². The standard InChI is InChI=1S/C92H69B2N5O/c1-91(2,3)60-51-82-87-84(53-60)98(78-47-28-42-70-69-39-21-26-48-86(69)100-90(70)78)77-46-25-22-43-71(77)93(87)73-56-74-81(57-80(73)96(82)63-35-17-10-18-36-63)99(89-65(58-29-11-7-12-30-58)40-27-41-66(89)59-31-13-8-14-32-59)85-54-61(92(4,5)6)52-83-88(85)94(74)72-50-49-64(55-79(72)95(83)62-33-15-9-16-34-62)97-75-44-23-19-37-67(75)68-38-20-24-45-76(68)97/h7-57H,1-6H3. The maximum absolute atomic E-state index is 7.05. The predicted molar refractivity (Wildman–Crippen MR) is 424 cm³/mol. The minimum atomic E-state index is -0.272. The van der Waals surface area contributed by atoms with Crippen molar-refractivity contribution < 1.29 is 4.42 Å². The van der Waals surface area contributed by atoms with E-state index >= 15 is 0 Å². The van der Waals surface area contributed by atoms with Crippen LogP contribution in [0.4, 0.5) is 68.2 Å². The molecule has 0 amide bonds. The molecule has 0 fully saturated rings. The largest absolute Gasteiger partial charge is 0.454 e. The molecule has 2 aromatic heterocycles. The van der Waals surface area contributed by atoms with Crippen LogP contribution in [0.2, 0.25) is 0 Å². The molecule has 0 saturated heterocycles. The first-order valence-electron chi connectivity index (χ1n) is 35.1. The van der Waals surface area contributed by atoms with Crippen molar-refractivity contribution in [2.45, 2.75) is 52.4 Å². The lowest BCUT2D eigenvalue weighted by atomic mass is 9.30. The Balaban J connectivity index is 0.943. The molecule has 20 rings (SSSR count). The third-order valence-corrected chi connectivity index (χ3v) is 21.8. The van der Waals surface area contributed by atoms with E-state index in [0.717, 1.165) is 112 Å². The van der Waals surface area contributed by atoms with Gasteiger partial charge in [-0.2, -0.15) is 0 Å². The SMILES string of the molecule is CC(C)(C)c1cc2c3c(c1)N(c1c(-c4ccccc4)cccc1-c1ccccc1)c1cc4c(cc1B3c1ccc(-n3c5ccccc5c5ccccc53)cc1N2c1ccccc1)B1c2ccccc2N(c2cccc3c2oc2ccccc23)c2cc(C(C)(C)C)cc(c21)N4c1ccccc1. The zero-order chi connectivity index (χ0) is 66.9. The molecule has 6 heterocycles. The van der Waals surface area contributed by atoms with Gasteiger partial charge in [0.2, 0.25) is 0 Å². The number of para-hydroxylation sites is 8. The molecule has 100 heavy (non-hydrogen) atoms. The van der Waals surface area contributed by atoms with E-state index in [-0.39, 0.29) is 24.3 Å². The lowest BCUT2D eigenvalue weighted by Gasteiger charge is -2.48. The second-order valence-corrected chi connectivity index (χ2v) is 29.6. The maximum atomic E-state index is 7.05. The number of benzene rings is 14. The molecule has 474 valence electrons. The molecule has 0 unspecified atom stereocenters. The summed E-state index contributed by atoms with van der Waals surface area (Å²) in [6, 6.07) is 116. The molecule has 0 saturated carbocycles. The van der Waals surface area contributed by atoms with Crippen LogP contribution in [-0.4, -0.2) is 18.0 Å². The predicted octanol–water partition coefficient (Wildman–Crippen LogP) is 20.8. The highest BCUT2D eigenvalue weighted by Crippen LogP contribution is 2.55. The van der Waals surface area contributed by atoms with Crippen molar-refractivity contribution in [2.75, 3.05) is 19.6 Å². The smallest absolute Gasteiger partial charge is 0.252 e. The molecular weight excluding hydrogens is 1210 g/mol. The van der Waals surface area contributed by atoms with Gasteiger partial charge in [0.15, 0.2) is 5.58 Å². The van der Waals surface area contributed by atoms with Gasteiger partial charge in [-0.1, -0.05) is 254 Å². The molecule has 0 aliphatic carbocycles. The van der Waals surface area contributed by atoms with E-state index in [0.29, 0.717) is 0 Å². The summed E-state index contributed by atoms with van der Waals surface area (Å²) in [5, 5.41) is 4.68. The minimum absolute atomic E-state index is 0.197. The molecule has 14 aromatic carbocycles. The molecule has 0 atom stereocenters. The Hall–Kier alpha value is -12.0. The van der Waals surface area contributed by atoms with Crippen molar-refractivity contribution in [1.82, 2.24) is 4.57 Å². The molecule has 0 spiro atoms. The van der Waals surface area contributed by atoms with E-state index in [2.05, 4.69) is 375 Å². The Bertz CT molecular complexity index is 5940. The first-order valence-corrected chi connectivity index (χ1v) is 35.1. The van der Waals surface area contributed by atoms with Crippen molar-refractivity contribution >= 4 is 158 Å². The molecule has 4 aliphatic rings. The first kappa shape index (κ1) is 58.2. The zero-order valence-electron chi connectivity index (χ0n) is 56.7. The molecule has 8 heteroatoms. The molecular formula is C92H69B2N5O. The Kier molecular flexibility index (Phi) is 12.7. The van der Waals surface area contributed by atoms with Gasteiger partial charge in [-0.05, 0) is 163 Å². The average molecular weight is 1280 g/mol. The molecule has 4 aliphatic heterocycles. The maximum Gasteiger partial charge on any atom is 0.252 e. The number of hydrogen-bond donors (Lipinski definition) is 0. The van der Waals surface area contributed by atoms with Gasteiger partial charge in [0, 0.05) is 95.2 Å². The summed E-state index contributed by atoms with van der Waals surface area (Å²) < 4.78 is 9.54. The summed E-state index contributed by atoms with van der Waals surface area (Å²) in [4.78, 5) is 10.5. The average Bonchev–Trinajstić information content (AvgIpc) is 0.783. The lowest BCUT2D eigenvalue weighted by molar-refractivity contribution is 0.590. The lowest BCUT2D eigenvalue weighted by Crippen LogP contribution is -2.65. The van der Waals surface area contributed by atoms with Crippen LogP contribution in [0.1, 0.15) is 52.7 Å². The van der Waals surface area contributed by atoms with Crippen LogP contribution in [-0.2, 0) is 10.8 Å². The third kappa shape index (κ3) is 8.59.